The number of carbonyl (C=O) groups excluding carboxylic acids is 2. The third kappa shape index (κ3) is 8.24. The molecule has 4 saturated heterocycles. The summed E-state index contributed by atoms with van der Waals surface area (Å²) in [6.45, 7) is 10.7. The number of halogens is 1. The molecule has 2 amide bonds. The number of piperidine rings is 3. The Balaban J connectivity index is 0.770. The highest BCUT2D eigenvalue weighted by Gasteiger charge is 2.45. The molecule has 4 fully saturated rings. The average Bonchev–Trinajstić information content (AvgIpc) is 3.58. The van der Waals surface area contributed by atoms with E-state index in [1.165, 1.54) is 25.6 Å². The predicted octanol–water partition coefficient (Wildman–Crippen LogP) is 4.31. The fourth-order valence-electron chi connectivity index (χ4n) is 9.77. The zero-order chi connectivity index (χ0) is 43.3. The van der Waals surface area contributed by atoms with E-state index in [0.717, 1.165) is 75.3 Å². The van der Waals surface area contributed by atoms with Crippen LogP contribution in [0.2, 0.25) is 5.02 Å². The lowest BCUT2D eigenvalue weighted by atomic mass is 9.71. The quantitative estimate of drug-likeness (QED) is 0.147. The highest BCUT2D eigenvalue weighted by atomic mass is 35.5. The Morgan fingerprint density at radius 1 is 1.03 bits per heavy atom. The lowest BCUT2D eigenvalue weighted by molar-refractivity contribution is -0.127. The van der Waals surface area contributed by atoms with Crippen LogP contribution in [-0.2, 0) is 16.6 Å². The van der Waals surface area contributed by atoms with Gasteiger partial charge in [0.1, 0.15) is 16.9 Å². The second-order valence-electron chi connectivity index (χ2n) is 17.8. The number of anilines is 4. The van der Waals surface area contributed by atoms with Crippen molar-refractivity contribution in [3.05, 3.63) is 63.8 Å². The molecule has 328 valence electrons. The van der Waals surface area contributed by atoms with Gasteiger partial charge >= 0.3 is 0 Å². The van der Waals surface area contributed by atoms with Crippen molar-refractivity contribution in [1.29, 1.82) is 0 Å². The molecule has 62 heavy (non-hydrogen) atoms. The molecule has 4 aliphatic rings. The summed E-state index contributed by atoms with van der Waals surface area (Å²) in [7, 11) is 3.47. The first-order chi connectivity index (χ1) is 29.9. The molecule has 1 aromatic carbocycles. The minimum atomic E-state index is -0.913. The number of likely N-dealkylation sites (tertiary alicyclic amines) is 1. The van der Waals surface area contributed by atoms with Crippen molar-refractivity contribution in [2.75, 3.05) is 74.6 Å². The van der Waals surface area contributed by atoms with E-state index in [0.29, 0.717) is 57.7 Å². The van der Waals surface area contributed by atoms with E-state index in [2.05, 4.69) is 58.8 Å². The van der Waals surface area contributed by atoms with Crippen molar-refractivity contribution >= 4 is 68.5 Å². The Bertz CT molecular complexity index is 2560. The van der Waals surface area contributed by atoms with Gasteiger partial charge in [0.15, 0.2) is 18.2 Å². The number of aliphatic hydroxyl groups is 1. The number of ether oxygens (including phenoxy) is 1. The first-order valence-corrected chi connectivity index (χ1v) is 22.1. The molecule has 0 aliphatic carbocycles. The summed E-state index contributed by atoms with van der Waals surface area (Å²) in [6, 6.07) is 9.81. The molecule has 2 atom stereocenters. The third-order valence-corrected chi connectivity index (χ3v) is 13.6. The smallest absolute Gasteiger partial charge is 0.294 e. The van der Waals surface area contributed by atoms with E-state index in [1.54, 1.807) is 23.0 Å². The molecule has 18 heteroatoms. The van der Waals surface area contributed by atoms with Gasteiger partial charge in [-0.05, 0) is 95.3 Å². The lowest BCUT2D eigenvalue weighted by Crippen LogP contribution is -2.60. The second-order valence-corrected chi connectivity index (χ2v) is 18.2. The Kier molecular flexibility index (Phi) is 11.5. The van der Waals surface area contributed by atoms with Crippen molar-refractivity contribution < 1.29 is 19.4 Å². The maximum Gasteiger partial charge on any atom is 0.294 e. The van der Waals surface area contributed by atoms with Gasteiger partial charge < -0.3 is 40.5 Å². The number of aromatic nitrogens is 6. The van der Waals surface area contributed by atoms with Crippen LogP contribution in [0.25, 0.3) is 21.9 Å². The maximum atomic E-state index is 13.2. The van der Waals surface area contributed by atoms with Gasteiger partial charge in [-0.15, -0.1) is 0 Å². The molecule has 4 aliphatic heterocycles. The number of aryl methyl sites for hydroxylation is 1. The van der Waals surface area contributed by atoms with Gasteiger partial charge in [0.2, 0.25) is 11.9 Å². The summed E-state index contributed by atoms with van der Waals surface area (Å²) in [5.74, 6) is 1.10. The number of benzene rings is 1. The summed E-state index contributed by atoms with van der Waals surface area (Å²) in [4.78, 5) is 58.2. The topological polar surface area (TPSA) is 188 Å². The number of hydrogen-bond donors (Lipinski definition) is 4. The van der Waals surface area contributed by atoms with Gasteiger partial charge in [-0.3, -0.25) is 23.6 Å². The lowest BCUT2D eigenvalue weighted by Gasteiger charge is -2.55. The summed E-state index contributed by atoms with van der Waals surface area (Å²) in [5.41, 5.74) is 4.24. The van der Waals surface area contributed by atoms with Crippen LogP contribution in [-0.4, -0.2) is 117 Å². The van der Waals surface area contributed by atoms with E-state index >= 15 is 0 Å². The van der Waals surface area contributed by atoms with E-state index in [4.69, 9.17) is 26.4 Å². The predicted molar refractivity (Wildman–Crippen MR) is 238 cm³/mol. The molecular weight excluding hydrogens is 812 g/mol. The monoisotopic (exact) mass is 866 g/mol. The second kappa shape index (κ2) is 17.0. The number of fused-ring (bicyclic) bond motifs is 2. The summed E-state index contributed by atoms with van der Waals surface area (Å²) in [5, 5.41) is 25.9. The molecule has 1 spiro atoms. The maximum absolute atomic E-state index is 13.2. The summed E-state index contributed by atoms with van der Waals surface area (Å²) < 4.78 is 9.06. The van der Waals surface area contributed by atoms with Gasteiger partial charge in [0.05, 0.1) is 29.3 Å². The van der Waals surface area contributed by atoms with Crippen LogP contribution in [0.1, 0.15) is 70.0 Å². The number of nitrogens with zero attached hydrogens (tertiary/aromatic N) is 9. The van der Waals surface area contributed by atoms with Crippen molar-refractivity contribution in [2.24, 2.45) is 18.4 Å². The van der Waals surface area contributed by atoms with Crippen molar-refractivity contribution in [3.8, 4) is 5.75 Å². The van der Waals surface area contributed by atoms with Gasteiger partial charge in [-0.25, -0.2) is 9.97 Å². The summed E-state index contributed by atoms with van der Waals surface area (Å²) in [6.07, 6.45) is 7.88. The van der Waals surface area contributed by atoms with Gasteiger partial charge in [-0.2, -0.15) is 10.1 Å². The largest absolute Gasteiger partial charge is 0.478 e. The zero-order valence-corrected chi connectivity index (χ0v) is 36.5. The van der Waals surface area contributed by atoms with Crippen LogP contribution in [0.4, 0.5) is 23.1 Å². The van der Waals surface area contributed by atoms with E-state index in [-0.39, 0.29) is 41.7 Å². The SMILES string of the molecule is CNC(=O)COc1cc2cc(Nc3nc(N4CCC(CN5CCC6(CC5)CN(c5ccc7c(C8CCC(=O)NC8O)nn(C)c7c5)C6)CC4)ncc3Cl)cnc2n(C(C)C)c1=O. The van der Waals surface area contributed by atoms with E-state index in [9.17, 15) is 19.5 Å². The number of hydrogen-bond acceptors (Lipinski definition) is 13. The fraction of sp³-hybridized carbons (Fsp3) is 0.523. The minimum Gasteiger partial charge on any atom is -0.478 e. The molecule has 9 rings (SSSR count). The number of pyridine rings is 2. The highest BCUT2D eigenvalue weighted by Crippen LogP contribution is 2.44. The third-order valence-electron chi connectivity index (χ3n) is 13.3. The molecule has 17 nitrogen and oxygen atoms in total. The number of carbonyl (C=O) groups is 2. The Morgan fingerprint density at radius 3 is 2.53 bits per heavy atom. The zero-order valence-electron chi connectivity index (χ0n) is 35.7. The molecule has 8 heterocycles. The highest BCUT2D eigenvalue weighted by molar-refractivity contribution is 6.32. The van der Waals surface area contributed by atoms with Crippen LogP contribution in [0.15, 0.2) is 47.5 Å². The van der Waals surface area contributed by atoms with Crippen LogP contribution in [0, 0.1) is 11.3 Å². The summed E-state index contributed by atoms with van der Waals surface area (Å²) >= 11 is 6.61. The molecule has 2 unspecified atom stereocenters. The Morgan fingerprint density at radius 2 is 1.81 bits per heavy atom. The van der Waals surface area contributed by atoms with Crippen LogP contribution in [0.5, 0.6) is 5.75 Å². The molecule has 0 bridgehead atoms. The number of likely N-dealkylation sites (N-methyl/N-ethyl adjacent to an activating group) is 1. The van der Waals surface area contributed by atoms with Crippen molar-refractivity contribution in [2.45, 2.75) is 70.6 Å². The minimum absolute atomic E-state index is 0.0676. The average molecular weight is 867 g/mol. The molecule has 5 aromatic rings. The van der Waals surface area contributed by atoms with Crippen molar-refractivity contribution in [3.63, 3.8) is 0 Å². The fourth-order valence-corrected chi connectivity index (χ4v) is 9.90. The number of amides is 2. The van der Waals surface area contributed by atoms with Gasteiger partial charge in [0, 0.05) is 87.1 Å². The van der Waals surface area contributed by atoms with Gasteiger partial charge in [0.25, 0.3) is 11.5 Å². The first-order valence-electron chi connectivity index (χ1n) is 21.7. The van der Waals surface area contributed by atoms with Crippen LogP contribution in [0.3, 0.4) is 0 Å². The van der Waals surface area contributed by atoms with E-state index in [1.807, 2.05) is 31.6 Å². The molecular formula is C44H55ClN12O5. The van der Waals surface area contributed by atoms with Crippen LogP contribution >= 0.6 is 11.6 Å². The van der Waals surface area contributed by atoms with Gasteiger partial charge in [-0.1, -0.05) is 11.6 Å². The number of aliphatic hydroxyl groups excluding tert-OH is 1. The molecule has 4 N–H and O–H groups in total. The Hall–Kier alpha value is -5.52. The van der Waals surface area contributed by atoms with Crippen LogP contribution < -0.4 is 36.0 Å². The standard InChI is InChI=1S/C44H55ClN12O5/c1-26(2)57-40-28(18-35(42(57)61)62-23-37(59)46-3)17-29(20-47-40)49-39-33(45)21-48-43(51-39)55-13-9-27(10-14-55)22-54-15-11-44(12-16-54)24-56(25-44)30-5-6-31-34(19-30)53(4)52-38(31)32-7-8-36(58)50-41(32)60/h5-6,17-21,26-27,32,41,60H,7-16,22-25H2,1-4H3,(H,46,59)(H,50,58)(H,48,49,51). The number of nitrogens with one attached hydrogen (secondary N) is 3. The normalized spacial score (nSPS) is 20.8. The van der Waals surface area contributed by atoms with Crippen molar-refractivity contribution in [1.82, 2.24) is 44.8 Å². The Labute approximate surface area is 364 Å². The number of rotatable bonds is 11. The molecule has 0 radical (unpaired) electrons. The van der Waals surface area contributed by atoms with E-state index < -0.39 is 6.23 Å². The first kappa shape index (κ1) is 41.8. The molecule has 0 saturated carbocycles. The molecule has 4 aromatic heterocycles.